The van der Waals surface area contributed by atoms with E-state index in [1.54, 1.807) is 6.92 Å². The lowest BCUT2D eigenvalue weighted by atomic mass is 10.1. The number of hydrogen-bond acceptors (Lipinski definition) is 3. The molecule has 0 aliphatic carbocycles. The SMILES string of the molecule is Cc1c(Cl)c(Cl)c2c(c1Cl)C(=O)N(S)C2=N. The topological polar surface area (TPSA) is 44.2 Å². The smallest absolute Gasteiger partial charge is 0.271 e. The molecule has 0 bridgehead atoms. The van der Waals surface area contributed by atoms with Crippen LogP contribution in [0.5, 0.6) is 0 Å². The molecule has 0 spiro atoms. The Kier molecular flexibility index (Phi) is 2.87. The van der Waals surface area contributed by atoms with Crippen LogP contribution in [0.3, 0.4) is 0 Å². The summed E-state index contributed by atoms with van der Waals surface area (Å²) in [6, 6.07) is 0. The number of rotatable bonds is 0. The van der Waals surface area contributed by atoms with E-state index in [-0.39, 0.29) is 32.0 Å². The standard InChI is InChI=1S/C9H5Cl3N2OS/c1-2-5(10)4-3(7(12)6(2)11)8(13)14(16)9(4)15/h13,16H,1H3. The highest BCUT2D eigenvalue weighted by Gasteiger charge is 2.37. The molecule has 1 aliphatic rings. The van der Waals surface area contributed by atoms with Crippen molar-refractivity contribution in [2.45, 2.75) is 6.92 Å². The van der Waals surface area contributed by atoms with Crippen LogP contribution in [-0.2, 0) is 0 Å². The number of hydrogen-bond donors (Lipinski definition) is 2. The zero-order chi connectivity index (χ0) is 12.2. The molecule has 0 aromatic heterocycles. The molecule has 0 unspecified atom stereocenters. The van der Waals surface area contributed by atoms with Crippen LogP contribution in [0.1, 0.15) is 21.5 Å². The molecule has 1 amide bonds. The summed E-state index contributed by atoms with van der Waals surface area (Å²) in [5.74, 6) is -0.577. The van der Waals surface area contributed by atoms with Gasteiger partial charge in [0.2, 0.25) is 0 Å². The molecular formula is C9H5Cl3N2OS. The Balaban J connectivity index is 2.91. The van der Waals surface area contributed by atoms with Crippen molar-refractivity contribution in [3.05, 3.63) is 31.8 Å². The van der Waals surface area contributed by atoms with Crippen LogP contribution < -0.4 is 0 Å². The number of halogens is 3. The average Bonchev–Trinajstić information content (AvgIpc) is 2.48. The van der Waals surface area contributed by atoms with E-state index in [4.69, 9.17) is 40.2 Å². The van der Waals surface area contributed by atoms with E-state index in [1.165, 1.54) is 0 Å². The summed E-state index contributed by atoms with van der Waals surface area (Å²) in [4.78, 5) is 11.8. The molecule has 0 atom stereocenters. The molecule has 1 heterocycles. The molecule has 1 aromatic carbocycles. The van der Waals surface area contributed by atoms with Gasteiger partial charge in [0, 0.05) is 0 Å². The van der Waals surface area contributed by atoms with E-state index in [0.717, 1.165) is 4.31 Å². The molecule has 1 aromatic rings. The quantitative estimate of drug-likeness (QED) is 0.557. The van der Waals surface area contributed by atoms with E-state index in [2.05, 4.69) is 12.8 Å². The highest BCUT2D eigenvalue weighted by atomic mass is 35.5. The number of benzene rings is 1. The van der Waals surface area contributed by atoms with Crippen LogP contribution in [0.2, 0.25) is 15.1 Å². The molecule has 0 saturated heterocycles. The number of amides is 1. The molecule has 2 rings (SSSR count). The van der Waals surface area contributed by atoms with Gasteiger partial charge in [-0.25, -0.2) is 4.31 Å². The summed E-state index contributed by atoms with van der Waals surface area (Å²) in [6.45, 7) is 1.66. The first-order valence-electron chi connectivity index (χ1n) is 4.17. The third-order valence-corrected chi connectivity index (χ3v) is 4.20. The Morgan fingerprint density at radius 2 is 1.69 bits per heavy atom. The second-order valence-electron chi connectivity index (χ2n) is 3.28. The molecule has 7 heteroatoms. The minimum atomic E-state index is -0.463. The van der Waals surface area contributed by atoms with Crippen molar-refractivity contribution >= 4 is 59.4 Å². The van der Waals surface area contributed by atoms with Crippen molar-refractivity contribution in [3.8, 4) is 0 Å². The molecule has 0 fully saturated rings. The fourth-order valence-corrected chi connectivity index (χ4v) is 2.55. The second-order valence-corrected chi connectivity index (χ2v) is 4.82. The molecular weight excluding hydrogens is 291 g/mol. The van der Waals surface area contributed by atoms with E-state index in [1.807, 2.05) is 0 Å². The fraction of sp³-hybridized carbons (Fsp3) is 0.111. The van der Waals surface area contributed by atoms with Crippen molar-refractivity contribution in [1.82, 2.24) is 4.31 Å². The van der Waals surface area contributed by atoms with Gasteiger partial charge < -0.3 is 0 Å². The van der Waals surface area contributed by atoms with Crippen LogP contribution >= 0.6 is 47.6 Å². The summed E-state index contributed by atoms with van der Waals surface area (Å²) >= 11 is 21.9. The number of thiol groups is 1. The van der Waals surface area contributed by atoms with Crippen LogP contribution in [0, 0.1) is 12.3 Å². The Morgan fingerprint density at radius 3 is 2.25 bits per heavy atom. The summed E-state index contributed by atoms with van der Waals surface area (Å²) < 4.78 is 0.887. The maximum Gasteiger partial charge on any atom is 0.271 e. The maximum absolute atomic E-state index is 11.8. The Bertz CT molecular complexity index is 497. The zero-order valence-electron chi connectivity index (χ0n) is 7.94. The first kappa shape index (κ1) is 12.0. The van der Waals surface area contributed by atoms with Crippen LogP contribution in [0.4, 0.5) is 0 Å². The van der Waals surface area contributed by atoms with Gasteiger partial charge in [0.25, 0.3) is 5.91 Å². The molecule has 3 nitrogen and oxygen atoms in total. The zero-order valence-corrected chi connectivity index (χ0v) is 11.1. The second kappa shape index (κ2) is 3.81. The third kappa shape index (κ3) is 1.37. The van der Waals surface area contributed by atoms with Gasteiger partial charge in [0.15, 0.2) is 0 Å². The largest absolute Gasteiger partial charge is 0.283 e. The predicted octanol–water partition coefficient (Wildman–Crippen LogP) is 3.58. The highest BCUT2D eigenvalue weighted by molar-refractivity contribution is 7.79. The van der Waals surface area contributed by atoms with Crippen LogP contribution in [0.25, 0.3) is 0 Å². The first-order valence-corrected chi connectivity index (χ1v) is 5.70. The van der Waals surface area contributed by atoms with Crippen molar-refractivity contribution in [2.75, 3.05) is 0 Å². The lowest BCUT2D eigenvalue weighted by Gasteiger charge is -2.08. The summed E-state index contributed by atoms with van der Waals surface area (Å²) in [5.41, 5.74) is 0.952. The normalized spacial score (nSPS) is 14.7. The summed E-state index contributed by atoms with van der Waals surface area (Å²) in [6.07, 6.45) is 0. The monoisotopic (exact) mass is 294 g/mol. The van der Waals surface area contributed by atoms with Crippen molar-refractivity contribution < 1.29 is 4.79 Å². The fourth-order valence-electron chi connectivity index (χ4n) is 1.51. The number of nitrogens with zero attached hydrogens (tertiary/aromatic N) is 1. The van der Waals surface area contributed by atoms with Gasteiger partial charge in [-0.1, -0.05) is 47.6 Å². The van der Waals surface area contributed by atoms with Crippen molar-refractivity contribution in [1.29, 1.82) is 5.41 Å². The summed E-state index contributed by atoms with van der Waals surface area (Å²) in [7, 11) is 0. The highest BCUT2D eigenvalue weighted by Crippen LogP contribution is 2.42. The number of amidine groups is 1. The number of carbonyl (C=O) groups is 1. The van der Waals surface area contributed by atoms with E-state index in [0.29, 0.717) is 5.56 Å². The molecule has 84 valence electrons. The van der Waals surface area contributed by atoms with E-state index < -0.39 is 5.91 Å². The van der Waals surface area contributed by atoms with Gasteiger partial charge in [-0.3, -0.25) is 10.2 Å². The van der Waals surface area contributed by atoms with Gasteiger partial charge in [-0.05, 0) is 12.5 Å². The number of carbonyl (C=O) groups excluding carboxylic acids is 1. The van der Waals surface area contributed by atoms with Crippen molar-refractivity contribution in [2.24, 2.45) is 0 Å². The molecule has 16 heavy (non-hydrogen) atoms. The molecule has 0 radical (unpaired) electrons. The maximum atomic E-state index is 11.8. The van der Waals surface area contributed by atoms with E-state index in [9.17, 15) is 4.79 Å². The van der Waals surface area contributed by atoms with Crippen LogP contribution in [-0.4, -0.2) is 16.0 Å². The van der Waals surface area contributed by atoms with Gasteiger partial charge in [-0.2, -0.15) is 0 Å². The number of nitrogens with one attached hydrogen (secondary N) is 1. The molecule has 1 N–H and O–H groups in total. The van der Waals surface area contributed by atoms with Gasteiger partial charge in [0.1, 0.15) is 5.84 Å². The number of fused-ring (bicyclic) bond motifs is 1. The van der Waals surface area contributed by atoms with Gasteiger partial charge in [-0.15, -0.1) is 0 Å². The van der Waals surface area contributed by atoms with Crippen LogP contribution in [0.15, 0.2) is 0 Å². The van der Waals surface area contributed by atoms with E-state index >= 15 is 0 Å². The van der Waals surface area contributed by atoms with Gasteiger partial charge >= 0.3 is 0 Å². The first-order chi connectivity index (χ1) is 7.37. The Labute approximate surface area is 112 Å². The minimum absolute atomic E-state index is 0.114. The van der Waals surface area contributed by atoms with Gasteiger partial charge in [0.05, 0.1) is 26.2 Å². The average molecular weight is 296 g/mol. The third-order valence-electron chi connectivity index (χ3n) is 2.40. The molecule has 1 aliphatic heterocycles. The minimum Gasteiger partial charge on any atom is -0.283 e. The predicted molar refractivity (Wildman–Crippen MR) is 68.2 cm³/mol. The Hall–Kier alpha value is -0.420. The lowest BCUT2D eigenvalue weighted by Crippen LogP contribution is -2.18. The lowest BCUT2D eigenvalue weighted by molar-refractivity contribution is 0.0930. The summed E-state index contributed by atoms with van der Waals surface area (Å²) in [5, 5.41) is 8.33. The van der Waals surface area contributed by atoms with Crippen molar-refractivity contribution in [3.63, 3.8) is 0 Å². The Morgan fingerprint density at radius 1 is 1.12 bits per heavy atom. The molecule has 0 saturated carbocycles.